The molecule has 2 heterocycles. The van der Waals surface area contributed by atoms with Gasteiger partial charge in [0.05, 0.1) is 12.7 Å². The number of rotatable bonds is 2. The van der Waals surface area contributed by atoms with Gasteiger partial charge in [-0.1, -0.05) is 18.2 Å². The van der Waals surface area contributed by atoms with Gasteiger partial charge in [-0.05, 0) is 30.9 Å². The molecule has 0 bridgehead atoms. The smallest absolute Gasteiger partial charge is 0.0729 e. The Morgan fingerprint density at radius 1 is 1.11 bits per heavy atom. The molecule has 2 saturated heterocycles. The van der Waals surface area contributed by atoms with Gasteiger partial charge in [-0.25, -0.2) is 0 Å². The Morgan fingerprint density at radius 3 is 2.56 bits per heavy atom. The predicted octanol–water partition coefficient (Wildman–Crippen LogP) is 1.89. The van der Waals surface area contributed by atoms with E-state index in [1.165, 1.54) is 18.5 Å². The summed E-state index contributed by atoms with van der Waals surface area (Å²) in [5, 5.41) is 3.44. The third-order valence-electron chi connectivity index (χ3n) is 4.14. The zero-order valence-electron chi connectivity index (χ0n) is 10.8. The zero-order chi connectivity index (χ0) is 12.2. The highest BCUT2D eigenvalue weighted by atomic mass is 16.5. The third-order valence-corrected chi connectivity index (χ3v) is 4.14. The van der Waals surface area contributed by atoms with Crippen molar-refractivity contribution >= 4 is 5.69 Å². The molecule has 0 spiro atoms. The first-order chi connectivity index (χ1) is 8.93. The van der Waals surface area contributed by atoms with Crippen LogP contribution in [0.15, 0.2) is 30.3 Å². The monoisotopic (exact) mass is 246 g/mol. The molecule has 18 heavy (non-hydrogen) atoms. The van der Waals surface area contributed by atoms with Gasteiger partial charge in [-0.3, -0.25) is 0 Å². The fraction of sp³-hybridized carbons (Fsp3) is 0.600. The summed E-state index contributed by atoms with van der Waals surface area (Å²) in [6.45, 7) is 5.25. The van der Waals surface area contributed by atoms with E-state index in [0.29, 0.717) is 6.10 Å². The number of hydrogen-bond acceptors (Lipinski definition) is 3. The second-order valence-corrected chi connectivity index (χ2v) is 5.27. The van der Waals surface area contributed by atoms with Crippen molar-refractivity contribution in [3.05, 3.63) is 30.3 Å². The van der Waals surface area contributed by atoms with Crippen LogP contribution in [0.2, 0.25) is 0 Å². The molecule has 0 amide bonds. The first-order valence-corrected chi connectivity index (χ1v) is 7.06. The Balaban J connectivity index is 1.54. The first-order valence-electron chi connectivity index (χ1n) is 7.06. The molecule has 0 aromatic heterocycles. The van der Waals surface area contributed by atoms with E-state index in [-0.39, 0.29) is 0 Å². The highest BCUT2D eigenvalue weighted by Crippen LogP contribution is 2.26. The van der Waals surface area contributed by atoms with Crippen LogP contribution in [0.1, 0.15) is 12.8 Å². The number of nitrogens with zero attached hydrogens (tertiary/aromatic N) is 1. The molecule has 1 N–H and O–H groups in total. The average Bonchev–Trinajstić information content (AvgIpc) is 2.49. The normalized spacial score (nSPS) is 26.2. The number of anilines is 1. The molecule has 1 aromatic carbocycles. The van der Waals surface area contributed by atoms with Gasteiger partial charge in [0.2, 0.25) is 0 Å². The van der Waals surface area contributed by atoms with Crippen LogP contribution in [0.5, 0.6) is 0 Å². The number of nitrogens with one attached hydrogen (secondary N) is 1. The lowest BCUT2D eigenvalue weighted by Gasteiger charge is -2.38. The highest BCUT2D eigenvalue weighted by molar-refractivity contribution is 5.46. The molecule has 2 aliphatic rings. The molecule has 98 valence electrons. The first kappa shape index (κ1) is 12.0. The summed E-state index contributed by atoms with van der Waals surface area (Å²) in [6.07, 6.45) is 2.94. The lowest BCUT2D eigenvalue weighted by Crippen LogP contribution is -2.46. The maximum absolute atomic E-state index is 5.88. The molecular weight excluding hydrogens is 224 g/mol. The SMILES string of the molecule is c1ccc(N2CCC(C3CNCCO3)CC2)cc1. The number of benzene rings is 1. The lowest BCUT2D eigenvalue weighted by molar-refractivity contribution is -0.0155. The van der Waals surface area contributed by atoms with Crippen LogP contribution in [-0.4, -0.2) is 38.9 Å². The van der Waals surface area contributed by atoms with Crippen LogP contribution in [0.4, 0.5) is 5.69 Å². The van der Waals surface area contributed by atoms with E-state index in [1.807, 2.05) is 0 Å². The number of ether oxygens (including phenoxy) is 1. The van der Waals surface area contributed by atoms with Crippen molar-refractivity contribution in [2.75, 3.05) is 37.7 Å². The molecule has 3 nitrogen and oxygen atoms in total. The molecule has 0 saturated carbocycles. The molecule has 0 radical (unpaired) electrons. The summed E-state index contributed by atoms with van der Waals surface area (Å²) in [4.78, 5) is 2.49. The topological polar surface area (TPSA) is 24.5 Å². The number of piperidine rings is 1. The van der Waals surface area contributed by atoms with E-state index >= 15 is 0 Å². The molecular formula is C15H22N2O. The van der Waals surface area contributed by atoms with Crippen LogP contribution in [-0.2, 0) is 4.74 Å². The van der Waals surface area contributed by atoms with Crippen molar-refractivity contribution < 1.29 is 4.74 Å². The molecule has 2 fully saturated rings. The average molecular weight is 246 g/mol. The summed E-state index contributed by atoms with van der Waals surface area (Å²) in [6, 6.07) is 10.7. The van der Waals surface area contributed by atoms with Gasteiger partial charge < -0.3 is 15.0 Å². The van der Waals surface area contributed by atoms with E-state index in [2.05, 4.69) is 40.5 Å². The van der Waals surface area contributed by atoms with E-state index in [9.17, 15) is 0 Å². The summed E-state index contributed by atoms with van der Waals surface area (Å²) in [5.41, 5.74) is 1.36. The van der Waals surface area contributed by atoms with Crippen molar-refractivity contribution in [2.45, 2.75) is 18.9 Å². The quantitative estimate of drug-likeness (QED) is 0.862. The van der Waals surface area contributed by atoms with Crippen molar-refractivity contribution in [1.82, 2.24) is 5.32 Å². The number of morpholine rings is 1. The molecule has 3 rings (SSSR count). The fourth-order valence-corrected chi connectivity index (χ4v) is 3.06. The summed E-state index contributed by atoms with van der Waals surface area (Å²) in [5.74, 6) is 0.734. The lowest BCUT2D eigenvalue weighted by atomic mass is 9.90. The second kappa shape index (κ2) is 5.72. The molecule has 1 aromatic rings. The van der Waals surface area contributed by atoms with Crippen molar-refractivity contribution in [1.29, 1.82) is 0 Å². The predicted molar refractivity (Wildman–Crippen MR) is 74.0 cm³/mol. The Morgan fingerprint density at radius 2 is 1.89 bits per heavy atom. The maximum atomic E-state index is 5.88. The minimum atomic E-state index is 0.441. The second-order valence-electron chi connectivity index (χ2n) is 5.27. The Hall–Kier alpha value is -1.06. The van der Waals surface area contributed by atoms with Crippen LogP contribution in [0, 0.1) is 5.92 Å². The summed E-state index contributed by atoms with van der Waals surface area (Å²) >= 11 is 0. The van der Waals surface area contributed by atoms with E-state index in [4.69, 9.17) is 4.74 Å². The van der Waals surface area contributed by atoms with Gasteiger partial charge >= 0.3 is 0 Å². The Kier molecular flexibility index (Phi) is 3.81. The minimum Gasteiger partial charge on any atom is -0.375 e. The van der Waals surface area contributed by atoms with E-state index in [0.717, 1.165) is 38.7 Å². The van der Waals surface area contributed by atoms with Gasteiger partial charge in [0, 0.05) is 31.9 Å². The number of hydrogen-bond donors (Lipinski definition) is 1. The summed E-state index contributed by atoms with van der Waals surface area (Å²) < 4.78 is 5.88. The Labute approximate surface area is 109 Å². The van der Waals surface area contributed by atoms with Crippen molar-refractivity contribution in [3.63, 3.8) is 0 Å². The maximum Gasteiger partial charge on any atom is 0.0729 e. The Bertz CT molecular complexity index is 354. The minimum absolute atomic E-state index is 0.441. The molecule has 0 aliphatic carbocycles. The molecule has 2 aliphatic heterocycles. The molecule has 1 atom stereocenters. The van der Waals surface area contributed by atoms with Crippen molar-refractivity contribution in [3.8, 4) is 0 Å². The third kappa shape index (κ3) is 2.68. The van der Waals surface area contributed by atoms with Crippen molar-refractivity contribution in [2.24, 2.45) is 5.92 Å². The fourth-order valence-electron chi connectivity index (χ4n) is 3.06. The standard InChI is InChI=1S/C15H22N2O/c1-2-4-14(5-3-1)17-9-6-13(7-10-17)15-12-16-8-11-18-15/h1-5,13,15-16H,6-12H2. The van der Waals surface area contributed by atoms with Gasteiger partial charge in [0.15, 0.2) is 0 Å². The van der Waals surface area contributed by atoms with Gasteiger partial charge in [-0.15, -0.1) is 0 Å². The largest absolute Gasteiger partial charge is 0.375 e. The van der Waals surface area contributed by atoms with E-state index in [1.54, 1.807) is 0 Å². The van der Waals surface area contributed by atoms with Crippen LogP contribution < -0.4 is 10.2 Å². The van der Waals surface area contributed by atoms with Crippen LogP contribution in [0.3, 0.4) is 0 Å². The van der Waals surface area contributed by atoms with Gasteiger partial charge in [0.1, 0.15) is 0 Å². The number of para-hydroxylation sites is 1. The molecule has 1 unspecified atom stereocenters. The van der Waals surface area contributed by atoms with Gasteiger partial charge in [-0.2, -0.15) is 0 Å². The summed E-state index contributed by atoms with van der Waals surface area (Å²) in [7, 11) is 0. The van der Waals surface area contributed by atoms with Crippen LogP contribution in [0.25, 0.3) is 0 Å². The molecule has 3 heteroatoms. The zero-order valence-corrected chi connectivity index (χ0v) is 10.8. The van der Waals surface area contributed by atoms with Gasteiger partial charge in [0.25, 0.3) is 0 Å². The van der Waals surface area contributed by atoms with E-state index < -0.39 is 0 Å². The highest BCUT2D eigenvalue weighted by Gasteiger charge is 2.28. The van der Waals surface area contributed by atoms with Crippen LogP contribution >= 0.6 is 0 Å².